The number of hydrogen-bond acceptors (Lipinski definition) is 8. The van der Waals surface area contributed by atoms with Crippen molar-refractivity contribution in [2.24, 2.45) is 4.99 Å². The minimum atomic E-state index is -4.61. The van der Waals surface area contributed by atoms with Crippen LogP contribution in [-0.2, 0) is 28.5 Å². The van der Waals surface area contributed by atoms with Gasteiger partial charge in [-0.05, 0) is 96.6 Å². The Kier molecular flexibility index (Phi) is 10.5. The lowest BCUT2D eigenvalue weighted by molar-refractivity contribution is -0.138. The normalized spacial score (nSPS) is 15.8. The monoisotopic (exact) mass is 659 g/mol. The fourth-order valence-electron chi connectivity index (χ4n) is 4.96. The Bertz CT molecular complexity index is 1590. The van der Waals surface area contributed by atoms with Gasteiger partial charge >= 0.3 is 18.4 Å². The van der Waals surface area contributed by atoms with E-state index < -0.39 is 41.2 Å². The smallest absolute Gasteiger partial charge is 0.437 e. The van der Waals surface area contributed by atoms with Gasteiger partial charge in [-0.2, -0.15) is 18.2 Å². The van der Waals surface area contributed by atoms with Crippen molar-refractivity contribution in [3.63, 3.8) is 0 Å². The van der Waals surface area contributed by atoms with Crippen molar-refractivity contribution in [2.75, 3.05) is 13.7 Å². The van der Waals surface area contributed by atoms with Gasteiger partial charge in [0, 0.05) is 12.1 Å². The second kappa shape index (κ2) is 14.0. The lowest BCUT2D eigenvalue weighted by Gasteiger charge is -2.27. The molecule has 2 heterocycles. The van der Waals surface area contributed by atoms with Gasteiger partial charge in [0.05, 0.1) is 12.7 Å². The van der Waals surface area contributed by atoms with Crippen molar-refractivity contribution in [2.45, 2.75) is 90.6 Å². The summed E-state index contributed by atoms with van der Waals surface area (Å²) in [7, 11) is 1.55. The third-order valence-corrected chi connectivity index (χ3v) is 6.97. The summed E-state index contributed by atoms with van der Waals surface area (Å²) in [5, 5.41) is 6.49. The van der Waals surface area contributed by atoms with Gasteiger partial charge in [0.2, 0.25) is 17.7 Å². The highest BCUT2D eigenvalue weighted by molar-refractivity contribution is 5.99. The maximum Gasteiger partial charge on any atom is 0.437 e. The third kappa shape index (κ3) is 9.93. The molecule has 0 unspecified atom stereocenters. The fraction of sp³-hybridized carbons (Fsp3) is 0.485. The number of likely N-dealkylation sites (tertiary alicyclic amines) is 1. The molecule has 1 N–H and O–H groups in total. The first-order valence-electron chi connectivity index (χ1n) is 15.2. The molecular formula is C33H40F3N5O6. The van der Waals surface area contributed by atoms with Gasteiger partial charge in [-0.15, -0.1) is 4.99 Å². The number of ether oxygens (including phenoxy) is 3. The van der Waals surface area contributed by atoms with Crippen molar-refractivity contribution in [1.29, 1.82) is 0 Å². The number of halogens is 3. The molecule has 1 aromatic heterocycles. The molecule has 1 aliphatic rings. The Labute approximate surface area is 271 Å². The first-order valence-corrected chi connectivity index (χ1v) is 15.2. The minimum Gasteiger partial charge on any atom is -0.497 e. The molecule has 1 fully saturated rings. The van der Waals surface area contributed by atoms with Crippen LogP contribution in [0, 0.1) is 0 Å². The summed E-state index contributed by atoms with van der Waals surface area (Å²) in [6.07, 6.45) is -4.74. The van der Waals surface area contributed by atoms with Crippen LogP contribution < -0.4 is 10.1 Å². The highest BCUT2D eigenvalue weighted by atomic mass is 19.4. The van der Waals surface area contributed by atoms with Crippen molar-refractivity contribution in [3.8, 4) is 17.1 Å². The zero-order chi connectivity index (χ0) is 34.6. The van der Waals surface area contributed by atoms with E-state index in [1.54, 1.807) is 65.7 Å². The minimum absolute atomic E-state index is 0.0372. The van der Waals surface area contributed by atoms with Crippen LogP contribution in [0.15, 0.2) is 52.0 Å². The van der Waals surface area contributed by atoms with Crippen LogP contribution in [0.5, 0.6) is 5.75 Å². The van der Waals surface area contributed by atoms with Gasteiger partial charge in [0.25, 0.3) is 0 Å². The molecule has 0 spiro atoms. The standard InChI is InChI=1S/C33H40F3N5O6/c1-31(2,3)45-29(42)38-28(39-30(43)46-32(4,5)6)41-18-8-9-25(41)27-37-26(40-47-27)22-15-14-21(24(19-22)33(34,35)36)13-10-20-11-16-23(44-7)17-12-20/h11-12,14-17,19,25H,8-10,13,18H2,1-7H3,(H,38,39,42,43)/t25-/m0/s1. The Morgan fingerprint density at radius 1 is 1.00 bits per heavy atom. The average Bonchev–Trinajstić information content (AvgIpc) is 3.64. The lowest BCUT2D eigenvalue weighted by Crippen LogP contribution is -2.46. The molecule has 2 amide bonds. The van der Waals surface area contributed by atoms with Gasteiger partial charge in [-0.1, -0.05) is 29.4 Å². The van der Waals surface area contributed by atoms with Gasteiger partial charge < -0.3 is 23.6 Å². The van der Waals surface area contributed by atoms with E-state index in [9.17, 15) is 22.8 Å². The number of rotatable bonds is 6. The van der Waals surface area contributed by atoms with E-state index in [4.69, 9.17) is 18.7 Å². The van der Waals surface area contributed by atoms with Gasteiger partial charge in [-0.25, -0.2) is 9.59 Å². The molecule has 4 rings (SSSR count). The number of guanidine groups is 1. The van der Waals surface area contributed by atoms with Crippen LogP contribution in [0.3, 0.4) is 0 Å². The van der Waals surface area contributed by atoms with Crippen LogP contribution in [-0.4, -0.2) is 58.0 Å². The molecular weight excluding hydrogens is 619 g/mol. The summed E-state index contributed by atoms with van der Waals surface area (Å²) >= 11 is 0. The highest BCUT2D eigenvalue weighted by Crippen LogP contribution is 2.37. The number of amides is 2. The Balaban J connectivity index is 1.59. The fourth-order valence-corrected chi connectivity index (χ4v) is 4.96. The molecule has 2 aromatic carbocycles. The maximum atomic E-state index is 14.2. The Morgan fingerprint density at radius 3 is 2.30 bits per heavy atom. The number of nitrogens with one attached hydrogen (secondary N) is 1. The number of nitrogens with zero attached hydrogens (tertiary/aromatic N) is 4. The molecule has 47 heavy (non-hydrogen) atoms. The topological polar surface area (TPSA) is 128 Å². The first kappa shape index (κ1) is 35.2. The predicted molar refractivity (Wildman–Crippen MR) is 167 cm³/mol. The van der Waals surface area contributed by atoms with E-state index >= 15 is 0 Å². The number of aliphatic imine (C=N–C) groups is 1. The number of alkyl carbamates (subject to hydrolysis) is 1. The van der Waals surface area contributed by atoms with Gasteiger partial charge in [0.15, 0.2) is 0 Å². The van der Waals surface area contributed by atoms with E-state index in [1.807, 2.05) is 12.1 Å². The van der Waals surface area contributed by atoms with Crippen molar-refractivity contribution in [3.05, 3.63) is 65.0 Å². The average molecular weight is 660 g/mol. The summed E-state index contributed by atoms with van der Waals surface area (Å²) in [4.78, 5) is 35.3. The first-order chi connectivity index (χ1) is 21.9. The van der Waals surface area contributed by atoms with Crippen LogP contribution in [0.25, 0.3) is 11.4 Å². The molecule has 1 saturated heterocycles. The summed E-state index contributed by atoms with van der Waals surface area (Å²) in [6.45, 7) is 10.4. The number of carbonyl (C=O) groups is 2. The number of benzene rings is 2. The molecule has 0 saturated carbocycles. The van der Waals surface area contributed by atoms with Gasteiger partial charge in [0.1, 0.15) is 23.0 Å². The number of aromatic nitrogens is 2. The molecule has 0 bridgehead atoms. The lowest BCUT2D eigenvalue weighted by atomic mass is 9.97. The van der Waals surface area contributed by atoms with Crippen LogP contribution in [0.1, 0.15) is 83.0 Å². The molecule has 3 aromatic rings. The molecule has 14 heteroatoms. The number of alkyl halides is 3. The third-order valence-electron chi connectivity index (χ3n) is 6.97. The molecule has 254 valence electrons. The number of hydrogen-bond donors (Lipinski definition) is 1. The van der Waals surface area contributed by atoms with E-state index in [2.05, 4.69) is 20.4 Å². The quantitative estimate of drug-likeness (QED) is 0.211. The highest BCUT2D eigenvalue weighted by Gasteiger charge is 2.37. The molecule has 0 aliphatic carbocycles. The maximum absolute atomic E-state index is 14.2. The zero-order valence-corrected chi connectivity index (χ0v) is 27.5. The number of methoxy groups -OCH3 is 1. The van der Waals surface area contributed by atoms with Crippen LogP contribution >= 0.6 is 0 Å². The number of aryl methyl sites for hydroxylation is 2. The zero-order valence-electron chi connectivity index (χ0n) is 27.5. The van der Waals surface area contributed by atoms with E-state index in [1.165, 1.54) is 12.1 Å². The van der Waals surface area contributed by atoms with E-state index in [0.29, 0.717) is 31.6 Å². The van der Waals surface area contributed by atoms with Crippen molar-refractivity contribution >= 4 is 18.1 Å². The largest absolute Gasteiger partial charge is 0.497 e. The second-order valence-electron chi connectivity index (χ2n) is 13.1. The van der Waals surface area contributed by atoms with Crippen molar-refractivity contribution in [1.82, 2.24) is 20.4 Å². The summed E-state index contributed by atoms with van der Waals surface area (Å²) < 4.78 is 63.9. The predicted octanol–water partition coefficient (Wildman–Crippen LogP) is 7.50. The van der Waals surface area contributed by atoms with E-state index in [0.717, 1.165) is 11.6 Å². The molecule has 1 atom stereocenters. The summed E-state index contributed by atoms with van der Waals surface area (Å²) in [5.74, 6) is 0.568. The Hall–Kier alpha value is -4.62. The SMILES string of the molecule is COc1ccc(CCc2ccc(-c3noc([C@@H]4CCCN4/C(=N/C(=O)OC(C)(C)C)NC(=O)OC(C)(C)C)n3)cc2C(F)(F)F)cc1. The summed E-state index contributed by atoms with van der Waals surface area (Å²) in [5.41, 5.74) is -1.32. The Morgan fingerprint density at radius 2 is 1.68 bits per heavy atom. The molecule has 0 radical (unpaired) electrons. The summed E-state index contributed by atoms with van der Waals surface area (Å²) in [6, 6.07) is 10.5. The number of carbonyl (C=O) groups excluding carboxylic acids is 2. The van der Waals surface area contributed by atoms with Gasteiger partial charge in [-0.3, -0.25) is 5.32 Å². The molecule has 11 nitrogen and oxygen atoms in total. The van der Waals surface area contributed by atoms with E-state index in [-0.39, 0.29) is 35.2 Å². The van der Waals surface area contributed by atoms with Crippen molar-refractivity contribution < 1.29 is 41.5 Å². The van der Waals surface area contributed by atoms with Crippen LogP contribution in [0.4, 0.5) is 22.8 Å². The van der Waals surface area contributed by atoms with Crippen LogP contribution in [0.2, 0.25) is 0 Å². The second-order valence-corrected chi connectivity index (χ2v) is 13.1. The molecule has 1 aliphatic heterocycles.